The van der Waals surface area contributed by atoms with Crippen LogP contribution in [0.4, 0.5) is 13.2 Å². The molecule has 0 bridgehead atoms. The molecule has 0 amide bonds. The number of benzene rings is 2. The van der Waals surface area contributed by atoms with E-state index in [1.807, 2.05) is 0 Å². The summed E-state index contributed by atoms with van der Waals surface area (Å²) in [6.45, 7) is 0.342. The second-order valence-corrected chi connectivity index (χ2v) is 9.36. The van der Waals surface area contributed by atoms with Gasteiger partial charge in [-0.2, -0.15) is 0 Å². The van der Waals surface area contributed by atoms with Crippen molar-refractivity contribution >= 4 is 35.0 Å². The van der Waals surface area contributed by atoms with Crippen molar-refractivity contribution in [3.63, 3.8) is 0 Å². The second kappa shape index (κ2) is 8.55. The van der Waals surface area contributed by atoms with Gasteiger partial charge in [-0.1, -0.05) is 35.0 Å². The number of ether oxygens (including phenoxy) is 2. The highest BCUT2D eigenvalue weighted by Crippen LogP contribution is 2.45. The van der Waals surface area contributed by atoms with E-state index in [4.69, 9.17) is 37.1 Å². The lowest BCUT2D eigenvalue weighted by Gasteiger charge is -2.49. The summed E-state index contributed by atoms with van der Waals surface area (Å²) in [4.78, 5) is 5.03. The first-order valence-electron chi connectivity index (χ1n) is 9.49. The molecule has 3 aromatic rings. The molecule has 2 aliphatic rings. The molecular weight excluding hydrogens is 490 g/mol. The normalized spacial score (nSPS) is 27.1. The maximum absolute atomic E-state index is 13.6. The molecule has 2 fully saturated rings. The molecule has 32 heavy (non-hydrogen) atoms. The smallest absolute Gasteiger partial charge is 0.203 e. The lowest BCUT2D eigenvalue weighted by molar-refractivity contribution is -0.256. The number of hydrogen-bond acceptors (Lipinski definition) is 6. The Balaban J connectivity index is 1.42. The van der Waals surface area contributed by atoms with Gasteiger partial charge < -0.3 is 19.0 Å². The quantitative estimate of drug-likeness (QED) is 0.479. The van der Waals surface area contributed by atoms with Crippen molar-refractivity contribution in [2.45, 2.75) is 34.6 Å². The van der Waals surface area contributed by atoms with Crippen LogP contribution >= 0.6 is 35.0 Å². The van der Waals surface area contributed by atoms with E-state index >= 15 is 0 Å². The molecule has 1 aromatic heterocycles. The zero-order valence-electron chi connectivity index (χ0n) is 16.0. The number of fused-ring (bicyclic) bond motifs is 1. The van der Waals surface area contributed by atoms with E-state index in [0.29, 0.717) is 16.7 Å². The number of oxazole rings is 1. The first-order chi connectivity index (χ1) is 15.3. The Labute approximate surface area is 194 Å². The molecule has 2 aliphatic heterocycles. The van der Waals surface area contributed by atoms with Gasteiger partial charge in [-0.05, 0) is 30.3 Å². The van der Waals surface area contributed by atoms with Gasteiger partial charge in [0.25, 0.3) is 0 Å². The number of aliphatic hydroxyl groups is 1. The van der Waals surface area contributed by atoms with E-state index in [1.54, 1.807) is 18.2 Å². The summed E-state index contributed by atoms with van der Waals surface area (Å²) >= 11 is 13.3. The van der Waals surface area contributed by atoms with Gasteiger partial charge >= 0.3 is 0 Å². The minimum Gasteiger partial charge on any atom is -0.448 e. The molecule has 0 aliphatic carbocycles. The molecule has 5 nitrogen and oxygen atoms in total. The SMILES string of the molecule is OC1C(Sc2ccc(Cl)c(Cl)c2)OC2COC2C1c1nc(-c2cc(F)c(F)c(F)c2)co1. The summed E-state index contributed by atoms with van der Waals surface area (Å²) in [5.74, 6) is -4.81. The molecule has 5 rings (SSSR count). The fourth-order valence-electron chi connectivity index (χ4n) is 3.70. The topological polar surface area (TPSA) is 64.7 Å². The van der Waals surface area contributed by atoms with Crippen LogP contribution in [0.1, 0.15) is 11.8 Å². The second-order valence-electron chi connectivity index (χ2n) is 7.38. The lowest BCUT2D eigenvalue weighted by atomic mass is 9.86. The predicted octanol–water partition coefficient (Wildman–Crippen LogP) is 5.43. The molecule has 1 N–H and O–H groups in total. The molecule has 5 unspecified atom stereocenters. The molecule has 168 valence electrons. The third kappa shape index (κ3) is 3.91. The van der Waals surface area contributed by atoms with Crippen LogP contribution in [0.3, 0.4) is 0 Å². The highest BCUT2D eigenvalue weighted by atomic mass is 35.5. The number of aliphatic hydroxyl groups excluding tert-OH is 1. The minimum atomic E-state index is -1.56. The van der Waals surface area contributed by atoms with Crippen LogP contribution in [0.25, 0.3) is 11.3 Å². The van der Waals surface area contributed by atoms with E-state index in [1.165, 1.54) is 18.0 Å². The lowest BCUT2D eigenvalue weighted by Crippen LogP contribution is -2.60. The van der Waals surface area contributed by atoms with Crippen LogP contribution in [0.5, 0.6) is 0 Å². The first kappa shape index (κ1) is 22.1. The molecule has 0 spiro atoms. The van der Waals surface area contributed by atoms with Gasteiger partial charge in [0.2, 0.25) is 5.89 Å². The zero-order chi connectivity index (χ0) is 22.6. The maximum Gasteiger partial charge on any atom is 0.203 e. The number of halogens is 5. The number of thioether (sulfide) groups is 1. The van der Waals surface area contributed by atoms with Crippen molar-refractivity contribution in [2.24, 2.45) is 0 Å². The van der Waals surface area contributed by atoms with Crippen LogP contribution in [-0.4, -0.2) is 40.4 Å². The van der Waals surface area contributed by atoms with Crippen molar-refractivity contribution < 1.29 is 32.2 Å². The van der Waals surface area contributed by atoms with Gasteiger partial charge in [0, 0.05) is 10.5 Å². The Kier molecular flexibility index (Phi) is 5.90. The third-order valence-corrected chi connectivity index (χ3v) is 7.25. The fourth-order valence-corrected chi connectivity index (χ4v) is 5.17. The number of hydrogen-bond donors (Lipinski definition) is 1. The van der Waals surface area contributed by atoms with Crippen LogP contribution in [0, 0.1) is 17.5 Å². The third-order valence-electron chi connectivity index (χ3n) is 5.36. The van der Waals surface area contributed by atoms with Crippen molar-refractivity contribution in [1.29, 1.82) is 0 Å². The highest BCUT2D eigenvalue weighted by molar-refractivity contribution is 7.99. The van der Waals surface area contributed by atoms with Crippen molar-refractivity contribution in [3.8, 4) is 11.3 Å². The Morgan fingerprint density at radius 3 is 2.47 bits per heavy atom. The molecular formula is C21H14Cl2F3NO4S. The summed E-state index contributed by atoms with van der Waals surface area (Å²) in [7, 11) is 0. The summed E-state index contributed by atoms with van der Waals surface area (Å²) in [5, 5.41) is 11.8. The van der Waals surface area contributed by atoms with E-state index in [9.17, 15) is 18.3 Å². The van der Waals surface area contributed by atoms with E-state index in [0.717, 1.165) is 17.0 Å². The summed E-state index contributed by atoms with van der Waals surface area (Å²) in [6, 6.07) is 6.73. The number of rotatable bonds is 4. The van der Waals surface area contributed by atoms with E-state index < -0.39 is 41.0 Å². The highest BCUT2D eigenvalue weighted by Gasteiger charge is 2.53. The van der Waals surface area contributed by atoms with Gasteiger partial charge in [0.1, 0.15) is 35.7 Å². The van der Waals surface area contributed by atoms with Crippen LogP contribution in [-0.2, 0) is 9.47 Å². The number of aromatic nitrogens is 1. The molecule has 3 heterocycles. The Bertz CT molecular complexity index is 1160. The average Bonchev–Trinajstić information content (AvgIpc) is 3.23. The van der Waals surface area contributed by atoms with Crippen LogP contribution in [0.15, 0.2) is 45.9 Å². The van der Waals surface area contributed by atoms with Gasteiger partial charge in [-0.25, -0.2) is 18.2 Å². The van der Waals surface area contributed by atoms with E-state index in [-0.39, 0.29) is 23.3 Å². The molecule has 11 heteroatoms. The van der Waals surface area contributed by atoms with Gasteiger partial charge in [-0.15, -0.1) is 0 Å². The number of nitrogens with zero attached hydrogens (tertiary/aromatic N) is 1. The largest absolute Gasteiger partial charge is 0.448 e. The first-order valence-corrected chi connectivity index (χ1v) is 11.1. The molecule has 0 radical (unpaired) electrons. The maximum atomic E-state index is 13.6. The monoisotopic (exact) mass is 503 g/mol. The summed E-state index contributed by atoms with van der Waals surface area (Å²) < 4.78 is 57.6. The van der Waals surface area contributed by atoms with Gasteiger partial charge in [0.05, 0.1) is 22.6 Å². The van der Waals surface area contributed by atoms with Crippen LogP contribution in [0.2, 0.25) is 10.0 Å². The average molecular weight is 504 g/mol. The summed E-state index contributed by atoms with van der Waals surface area (Å²) in [5.41, 5.74) is -0.578. The van der Waals surface area contributed by atoms with Crippen LogP contribution < -0.4 is 0 Å². The summed E-state index contributed by atoms with van der Waals surface area (Å²) in [6.07, 6.45) is -0.675. The zero-order valence-corrected chi connectivity index (χ0v) is 18.3. The molecule has 0 saturated carbocycles. The standard InChI is InChI=1S/C21H14Cl2F3NO4S/c22-10-2-1-9(5-11(10)23)32-21-18(28)16(19-15(31-21)7-29-19)20-27-14(6-30-20)8-3-12(24)17(26)13(25)4-8/h1-6,15-16,18-19,21,28H,7H2. The van der Waals surface area contributed by atoms with Crippen molar-refractivity contribution in [1.82, 2.24) is 4.98 Å². The predicted molar refractivity (Wildman–Crippen MR) is 111 cm³/mol. The van der Waals surface area contributed by atoms with Gasteiger partial charge in [-0.3, -0.25) is 0 Å². The Hall–Kier alpha value is -1.75. The van der Waals surface area contributed by atoms with Crippen molar-refractivity contribution in [2.75, 3.05) is 6.61 Å². The fraction of sp³-hybridized carbons (Fsp3) is 0.286. The molecule has 2 saturated heterocycles. The Morgan fingerprint density at radius 2 is 1.81 bits per heavy atom. The molecule has 5 atom stereocenters. The van der Waals surface area contributed by atoms with E-state index in [2.05, 4.69) is 4.98 Å². The van der Waals surface area contributed by atoms with Gasteiger partial charge in [0.15, 0.2) is 17.5 Å². The van der Waals surface area contributed by atoms with Crippen molar-refractivity contribution in [3.05, 3.63) is 70.0 Å². The minimum absolute atomic E-state index is 0.00533. The Morgan fingerprint density at radius 1 is 1.06 bits per heavy atom. The molecule has 2 aromatic carbocycles.